The number of hydrogen-bond donors (Lipinski definition) is 2. The van der Waals surface area contributed by atoms with Gasteiger partial charge in [-0.2, -0.15) is 0 Å². The van der Waals surface area contributed by atoms with Crippen LogP contribution in [0.25, 0.3) is 10.2 Å². The quantitative estimate of drug-likeness (QED) is 0.530. The molecule has 1 atom stereocenters. The van der Waals surface area contributed by atoms with Gasteiger partial charge in [-0.3, -0.25) is 9.59 Å². The van der Waals surface area contributed by atoms with Crippen molar-refractivity contribution in [1.29, 1.82) is 0 Å². The highest BCUT2D eigenvalue weighted by atomic mass is 32.1. The first-order chi connectivity index (χ1) is 16.5. The highest BCUT2D eigenvalue weighted by Gasteiger charge is 2.32. The van der Waals surface area contributed by atoms with Crippen molar-refractivity contribution in [3.8, 4) is 0 Å². The summed E-state index contributed by atoms with van der Waals surface area (Å²) in [5.74, 6) is -0.440. The summed E-state index contributed by atoms with van der Waals surface area (Å²) in [5.41, 5.74) is 11.7. The lowest BCUT2D eigenvalue weighted by Crippen LogP contribution is -2.47. The van der Waals surface area contributed by atoms with Gasteiger partial charge in [-0.15, -0.1) is 11.3 Å². The van der Waals surface area contributed by atoms with Gasteiger partial charge < -0.3 is 20.7 Å². The fraction of sp³-hybridized carbons (Fsp3) is 0.440. The number of benzene rings is 1. The van der Waals surface area contributed by atoms with E-state index in [1.807, 2.05) is 23.7 Å². The topological polar surface area (TPSA) is 110 Å². The summed E-state index contributed by atoms with van der Waals surface area (Å²) in [6, 6.07) is 5.99. The Hall–Kier alpha value is -3.04. The van der Waals surface area contributed by atoms with Crippen LogP contribution in [0.4, 0.5) is 11.5 Å². The molecule has 5 rings (SSSR count). The minimum Gasteiger partial charge on any atom is -0.383 e. The van der Waals surface area contributed by atoms with Crippen LogP contribution in [0, 0.1) is 5.92 Å². The van der Waals surface area contributed by atoms with Gasteiger partial charge in [-0.25, -0.2) is 9.97 Å². The van der Waals surface area contributed by atoms with E-state index in [0.29, 0.717) is 37.2 Å². The first-order valence-electron chi connectivity index (χ1n) is 11.8. The van der Waals surface area contributed by atoms with E-state index in [4.69, 9.17) is 10.5 Å². The van der Waals surface area contributed by atoms with Crippen LogP contribution in [0.3, 0.4) is 0 Å². The molecular formula is C25H29N5O3S. The summed E-state index contributed by atoms with van der Waals surface area (Å²) in [4.78, 5) is 37.0. The van der Waals surface area contributed by atoms with E-state index in [2.05, 4.69) is 22.2 Å². The van der Waals surface area contributed by atoms with Gasteiger partial charge in [0.25, 0.3) is 0 Å². The molecule has 9 heteroatoms. The number of nitrogens with two attached hydrogens (primary N) is 1. The average Bonchev–Trinajstić information content (AvgIpc) is 3.54. The number of pyridine rings is 1. The molecule has 0 bridgehead atoms. The van der Waals surface area contributed by atoms with E-state index in [9.17, 15) is 9.59 Å². The maximum atomic E-state index is 13.5. The number of nitrogens with zero attached hydrogens (tertiary/aromatic N) is 3. The van der Waals surface area contributed by atoms with Gasteiger partial charge in [0.15, 0.2) is 0 Å². The van der Waals surface area contributed by atoms with Crippen molar-refractivity contribution in [2.75, 3.05) is 11.1 Å². The van der Waals surface area contributed by atoms with Crippen LogP contribution in [0.15, 0.2) is 29.9 Å². The highest BCUT2D eigenvalue weighted by Crippen LogP contribution is 2.32. The number of nitrogen functional groups attached to an aromatic ring is 1. The lowest BCUT2D eigenvalue weighted by molar-refractivity contribution is -0.146. The molecule has 2 aliphatic rings. The van der Waals surface area contributed by atoms with Crippen molar-refractivity contribution in [2.24, 2.45) is 5.92 Å². The lowest BCUT2D eigenvalue weighted by Gasteiger charge is -2.36. The Labute approximate surface area is 202 Å². The third kappa shape index (κ3) is 4.50. The summed E-state index contributed by atoms with van der Waals surface area (Å²) >= 11 is 1.59. The predicted octanol–water partition coefficient (Wildman–Crippen LogP) is 4.24. The summed E-state index contributed by atoms with van der Waals surface area (Å²) in [6.45, 7) is 3.12. The van der Waals surface area contributed by atoms with Crippen LogP contribution < -0.4 is 11.1 Å². The Morgan fingerprint density at radius 3 is 2.82 bits per heavy atom. The normalized spacial score (nSPS) is 16.9. The van der Waals surface area contributed by atoms with Gasteiger partial charge in [0.05, 0.1) is 40.8 Å². The van der Waals surface area contributed by atoms with E-state index in [0.717, 1.165) is 52.6 Å². The largest absolute Gasteiger partial charge is 0.383 e. The maximum absolute atomic E-state index is 13.5. The third-order valence-corrected chi connectivity index (χ3v) is 7.91. The molecule has 0 saturated heterocycles. The summed E-state index contributed by atoms with van der Waals surface area (Å²) in [7, 11) is 0. The SMILES string of the molecule is C[C@H](C1CCCCC1)N(Cc1ccc2scnc2c1)C(=O)C(=O)Nc1cnc(N)c2c1COC2. The monoisotopic (exact) mass is 479 g/mol. The number of aromatic nitrogens is 2. The first kappa shape index (κ1) is 22.7. The van der Waals surface area contributed by atoms with Crippen molar-refractivity contribution in [3.63, 3.8) is 0 Å². The van der Waals surface area contributed by atoms with Crippen LogP contribution in [0.5, 0.6) is 0 Å². The predicted molar refractivity (Wildman–Crippen MR) is 132 cm³/mol. The van der Waals surface area contributed by atoms with Gasteiger partial charge in [0.1, 0.15) is 5.82 Å². The number of ether oxygens (including phenoxy) is 1. The molecule has 2 amide bonds. The van der Waals surface area contributed by atoms with E-state index in [1.54, 1.807) is 16.2 Å². The van der Waals surface area contributed by atoms with Crippen molar-refractivity contribution in [3.05, 3.63) is 46.6 Å². The zero-order valence-electron chi connectivity index (χ0n) is 19.3. The molecule has 1 aliphatic carbocycles. The average molecular weight is 480 g/mol. The molecule has 0 unspecified atom stereocenters. The van der Waals surface area contributed by atoms with Crippen LogP contribution >= 0.6 is 11.3 Å². The van der Waals surface area contributed by atoms with Gasteiger partial charge in [-0.05, 0) is 43.4 Å². The zero-order chi connectivity index (χ0) is 23.7. The number of rotatable bonds is 5. The molecule has 1 aromatic carbocycles. The highest BCUT2D eigenvalue weighted by molar-refractivity contribution is 7.16. The smallest absolute Gasteiger partial charge is 0.313 e. The minimum absolute atomic E-state index is 0.0525. The number of carbonyl (C=O) groups is 2. The van der Waals surface area contributed by atoms with Crippen molar-refractivity contribution in [2.45, 2.75) is 64.8 Å². The number of nitrogens with one attached hydrogen (secondary N) is 1. The summed E-state index contributed by atoms with van der Waals surface area (Å²) < 4.78 is 6.58. The van der Waals surface area contributed by atoms with E-state index in [1.165, 1.54) is 12.6 Å². The van der Waals surface area contributed by atoms with Crippen LogP contribution in [-0.2, 0) is 34.1 Å². The van der Waals surface area contributed by atoms with Gasteiger partial charge in [-0.1, -0.05) is 25.3 Å². The molecule has 3 heterocycles. The molecule has 0 radical (unpaired) electrons. The number of anilines is 2. The molecule has 34 heavy (non-hydrogen) atoms. The molecule has 8 nitrogen and oxygen atoms in total. The van der Waals surface area contributed by atoms with Gasteiger partial charge >= 0.3 is 11.8 Å². The number of amides is 2. The van der Waals surface area contributed by atoms with Crippen LogP contribution in [-0.4, -0.2) is 32.7 Å². The Balaban J connectivity index is 1.39. The van der Waals surface area contributed by atoms with Gasteiger partial charge in [0, 0.05) is 23.7 Å². The Morgan fingerprint density at radius 2 is 2.00 bits per heavy atom. The number of fused-ring (bicyclic) bond motifs is 2. The molecule has 1 saturated carbocycles. The van der Waals surface area contributed by atoms with Crippen LogP contribution in [0.2, 0.25) is 0 Å². The standard InChI is InChI=1S/C25H29N5O3S/c1-15(17-5-3-2-4-6-17)30(11-16-7-8-22-20(9-16)28-14-34-22)25(32)24(31)29-21-10-27-23(26)19-13-33-12-18(19)21/h7-10,14-15,17H,2-6,11-13H2,1H3,(H2,26,27)(H,29,31)/t15-/m1/s1. The van der Waals surface area contributed by atoms with Crippen molar-refractivity contribution in [1.82, 2.24) is 14.9 Å². The van der Waals surface area contributed by atoms with Gasteiger partial charge in [0.2, 0.25) is 0 Å². The second-order valence-corrected chi connectivity index (χ2v) is 10.1. The summed E-state index contributed by atoms with van der Waals surface area (Å²) in [6.07, 6.45) is 7.21. The molecule has 2 aromatic heterocycles. The fourth-order valence-electron chi connectivity index (χ4n) is 5.07. The van der Waals surface area contributed by atoms with E-state index < -0.39 is 11.8 Å². The first-order valence-corrected chi connectivity index (χ1v) is 12.7. The van der Waals surface area contributed by atoms with E-state index in [-0.39, 0.29) is 6.04 Å². The molecule has 178 valence electrons. The number of carbonyl (C=O) groups excluding carboxylic acids is 2. The molecular weight excluding hydrogens is 450 g/mol. The Bertz CT molecular complexity index is 1220. The van der Waals surface area contributed by atoms with Crippen molar-refractivity contribution < 1.29 is 14.3 Å². The van der Waals surface area contributed by atoms with E-state index >= 15 is 0 Å². The fourth-order valence-corrected chi connectivity index (χ4v) is 5.73. The number of hydrogen-bond acceptors (Lipinski definition) is 7. The zero-order valence-corrected chi connectivity index (χ0v) is 20.1. The van der Waals surface area contributed by atoms with Crippen LogP contribution in [0.1, 0.15) is 55.7 Å². The number of thiazole rings is 1. The molecule has 0 spiro atoms. The molecule has 1 aliphatic heterocycles. The molecule has 3 aromatic rings. The third-order valence-electron chi connectivity index (χ3n) is 7.10. The lowest BCUT2D eigenvalue weighted by atomic mass is 9.83. The van der Waals surface area contributed by atoms with Crippen molar-refractivity contribution >= 4 is 44.9 Å². The second-order valence-electron chi connectivity index (χ2n) is 9.19. The second kappa shape index (κ2) is 9.68. The molecule has 1 fully saturated rings. The maximum Gasteiger partial charge on any atom is 0.313 e. The summed E-state index contributed by atoms with van der Waals surface area (Å²) in [5, 5.41) is 2.78. The Morgan fingerprint density at radius 1 is 1.21 bits per heavy atom. The molecule has 3 N–H and O–H groups in total. The minimum atomic E-state index is -0.668. The Kier molecular flexibility index (Phi) is 6.47.